The van der Waals surface area contributed by atoms with Crippen molar-refractivity contribution in [2.24, 2.45) is 0 Å². The summed E-state index contributed by atoms with van der Waals surface area (Å²) < 4.78 is 11.6. The molecule has 0 saturated heterocycles. The Labute approximate surface area is 128 Å². The molecule has 0 unspecified atom stereocenters. The summed E-state index contributed by atoms with van der Waals surface area (Å²) in [5.74, 6) is 1.80. The highest BCUT2D eigenvalue weighted by Crippen LogP contribution is 2.32. The van der Waals surface area contributed by atoms with E-state index in [1.807, 2.05) is 12.1 Å². The average Bonchev–Trinajstić information content (AvgIpc) is 2.76. The van der Waals surface area contributed by atoms with Gasteiger partial charge in [0.15, 0.2) is 11.5 Å². The van der Waals surface area contributed by atoms with Gasteiger partial charge in [-0.15, -0.1) is 0 Å². The predicted molar refractivity (Wildman–Crippen MR) is 86.2 cm³/mol. The van der Waals surface area contributed by atoms with E-state index in [0.717, 1.165) is 57.3 Å². The summed E-state index contributed by atoms with van der Waals surface area (Å²) in [5.41, 5.74) is 1.19. The SMILES string of the molecule is CCCN(CC)CCNCc1cccc2c1OCCCO2. The van der Waals surface area contributed by atoms with Crippen molar-refractivity contribution in [2.75, 3.05) is 39.4 Å². The molecule has 2 rings (SSSR count). The molecular formula is C17H28N2O2. The van der Waals surface area contributed by atoms with E-state index in [0.29, 0.717) is 0 Å². The molecule has 0 spiro atoms. The van der Waals surface area contributed by atoms with Gasteiger partial charge in [-0.3, -0.25) is 0 Å². The van der Waals surface area contributed by atoms with Crippen LogP contribution in [0.3, 0.4) is 0 Å². The molecule has 4 heteroatoms. The van der Waals surface area contributed by atoms with Crippen LogP contribution in [0.5, 0.6) is 11.5 Å². The molecule has 4 nitrogen and oxygen atoms in total. The largest absolute Gasteiger partial charge is 0.490 e. The van der Waals surface area contributed by atoms with Gasteiger partial charge in [0.25, 0.3) is 0 Å². The first-order chi connectivity index (χ1) is 10.3. The van der Waals surface area contributed by atoms with Crippen molar-refractivity contribution in [3.63, 3.8) is 0 Å². The molecule has 0 saturated carbocycles. The zero-order valence-electron chi connectivity index (χ0n) is 13.4. The molecule has 0 fully saturated rings. The molecular weight excluding hydrogens is 264 g/mol. The summed E-state index contributed by atoms with van der Waals surface area (Å²) in [6.07, 6.45) is 2.16. The molecule has 118 valence electrons. The minimum absolute atomic E-state index is 0.740. The fourth-order valence-corrected chi connectivity index (χ4v) is 2.60. The molecule has 0 aliphatic carbocycles. The number of benzene rings is 1. The molecule has 0 aromatic heterocycles. The van der Waals surface area contributed by atoms with Gasteiger partial charge in [-0.05, 0) is 25.6 Å². The van der Waals surface area contributed by atoms with Gasteiger partial charge >= 0.3 is 0 Å². The number of ether oxygens (including phenoxy) is 2. The minimum Gasteiger partial charge on any atom is -0.490 e. The highest BCUT2D eigenvalue weighted by atomic mass is 16.5. The maximum absolute atomic E-state index is 5.84. The highest BCUT2D eigenvalue weighted by molar-refractivity contribution is 5.47. The third-order valence-electron chi connectivity index (χ3n) is 3.76. The first kappa shape index (κ1) is 16.1. The fourth-order valence-electron chi connectivity index (χ4n) is 2.60. The summed E-state index contributed by atoms with van der Waals surface area (Å²) in [7, 11) is 0. The normalized spacial score (nSPS) is 14.2. The summed E-state index contributed by atoms with van der Waals surface area (Å²) in [4.78, 5) is 2.47. The van der Waals surface area contributed by atoms with Crippen molar-refractivity contribution < 1.29 is 9.47 Å². The van der Waals surface area contributed by atoms with Crippen LogP contribution in [0.15, 0.2) is 18.2 Å². The van der Waals surface area contributed by atoms with E-state index >= 15 is 0 Å². The van der Waals surface area contributed by atoms with Crippen LogP contribution in [-0.2, 0) is 6.54 Å². The van der Waals surface area contributed by atoms with Crippen molar-refractivity contribution >= 4 is 0 Å². The smallest absolute Gasteiger partial charge is 0.165 e. The van der Waals surface area contributed by atoms with Gasteiger partial charge in [-0.2, -0.15) is 0 Å². The number of fused-ring (bicyclic) bond motifs is 1. The van der Waals surface area contributed by atoms with Crippen LogP contribution in [-0.4, -0.2) is 44.3 Å². The predicted octanol–water partition coefficient (Wildman–Crippen LogP) is 2.67. The van der Waals surface area contributed by atoms with Crippen molar-refractivity contribution in [3.05, 3.63) is 23.8 Å². The summed E-state index contributed by atoms with van der Waals surface area (Å²) in [6, 6.07) is 6.15. The Hall–Kier alpha value is -1.26. The van der Waals surface area contributed by atoms with Gasteiger partial charge < -0.3 is 19.7 Å². The molecule has 1 heterocycles. The van der Waals surface area contributed by atoms with Gasteiger partial charge in [0, 0.05) is 31.6 Å². The Morgan fingerprint density at radius 2 is 2.00 bits per heavy atom. The average molecular weight is 292 g/mol. The van der Waals surface area contributed by atoms with E-state index in [1.54, 1.807) is 0 Å². The zero-order chi connectivity index (χ0) is 14.9. The lowest BCUT2D eigenvalue weighted by Gasteiger charge is -2.20. The van der Waals surface area contributed by atoms with E-state index in [2.05, 4.69) is 30.1 Å². The Balaban J connectivity index is 1.83. The summed E-state index contributed by atoms with van der Waals surface area (Å²) in [5, 5.41) is 3.52. The molecule has 1 aliphatic rings. The fraction of sp³-hybridized carbons (Fsp3) is 0.647. The van der Waals surface area contributed by atoms with E-state index in [1.165, 1.54) is 18.5 Å². The topological polar surface area (TPSA) is 33.7 Å². The number of nitrogens with one attached hydrogen (secondary N) is 1. The quantitative estimate of drug-likeness (QED) is 0.747. The number of hydrogen-bond donors (Lipinski definition) is 1. The highest BCUT2D eigenvalue weighted by Gasteiger charge is 2.13. The van der Waals surface area contributed by atoms with Crippen molar-refractivity contribution in [2.45, 2.75) is 33.2 Å². The summed E-state index contributed by atoms with van der Waals surface area (Å²) >= 11 is 0. The van der Waals surface area contributed by atoms with E-state index in [4.69, 9.17) is 9.47 Å². The maximum atomic E-state index is 5.84. The van der Waals surface area contributed by atoms with Crippen molar-refractivity contribution in [1.82, 2.24) is 10.2 Å². The van der Waals surface area contributed by atoms with Crippen LogP contribution < -0.4 is 14.8 Å². The molecule has 0 bridgehead atoms. The lowest BCUT2D eigenvalue weighted by molar-refractivity contribution is 0.286. The van der Waals surface area contributed by atoms with E-state index < -0.39 is 0 Å². The van der Waals surface area contributed by atoms with Crippen LogP contribution in [0, 0.1) is 0 Å². The number of rotatable bonds is 8. The Morgan fingerprint density at radius 3 is 2.81 bits per heavy atom. The van der Waals surface area contributed by atoms with Gasteiger partial charge in [-0.25, -0.2) is 0 Å². The van der Waals surface area contributed by atoms with E-state index in [9.17, 15) is 0 Å². The lowest BCUT2D eigenvalue weighted by Crippen LogP contribution is -2.32. The van der Waals surface area contributed by atoms with Crippen LogP contribution in [0.1, 0.15) is 32.3 Å². The Kier molecular flexibility index (Phi) is 6.83. The number of para-hydroxylation sites is 1. The monoisotopic (exact) mass is 292 g/mol. The lowest BCUT2D eigenvalue weighted by atomic mass is 10.2. The van der Waals surface area contributed by atoms with Crippen LogP contribution >= 0.6 is 0 Å². The number of likely N-dealkylation sites (N-methyl/N-ethyl adjacent to an activating group) is 1. The second-order valence-corrected chi connectivity index (χ2v) is 5.41. The van der Waals surface area contributed by atoms with Crippen LogP contribution in [0.4, 0.5) is 0 Å². The number of nitrogens with zero attached hydrogens (tertiary/aromatic N) is 1. The first-order valence-electron chi connectivity index (χ1n) is 8.15. The third-order valence-corrected chi connectivity index (χ3v) is 3.76. The molecule has 21 heavy (non-hydrogen) atoms. The Morgan fingerprint density at radius 1 is 1.14 bits per heavy atom. The molecule has 1 N–H and O–H groups in total. The molecule has 1 aromatic carbocycles. The van der Waals surface area contributed by atoms with Crippen LogP contribution in [0.2, 0.25) is 0 Å². The van der Waals surface area contributed by atoms with E-state index in [-0.39, 0.29) is 0 Å². The van der Waals surface area contributed by atoms with Gasteiger partial charge in [-0.1, -0.05) is 26.0 Å². The molecule has 0 atom stereocenters. The van der Waals surface area contributed by atoms with Gasteiger partial charge in [0.1, 0.15) is 0 Å². The zero-order valence-corrected chi connectivity index (χ0v) is 13.4. The Bertz CT molecular complexity index is 423. The first-order valence-corrected chi connectivity index (χ1v) is 8.15. The molecule has 0 amide bonds. The molecule has 1 aliphatic heterocycles. The van der Waals surface area contributed by atoms with Gasteiger partial charge in [0.2, 0.25) is 0 Å². The second-order valence-electron chi connectivity index (χ2n) is 5.41. The van der Waals surface area contributed by atoms with Crippen molar-refractivity contribution in [1.29, 1.82) is 0 Å². The van der Waals surface area contributed by atoms with Crippen LogP contribution in [0.25, 0.3) is 0 Å². The summed E-state index contributed by atoms with van der Waals surface area (Å²) in [6.45, 7) is 11.1. The van der Waals surface area contributed by atoms with Gasteiger partial charge in [0.05, 0.1) is 13.2 Å². The molecule has 0 radical (unpaired) electrons. The number of hydrogen-bond acceptors (Lipinski definition) is 4. The maximum Gasteiger partial charge on any atom is 0.165 e. The third kappa shape index (κ3) is 4.90. The second kappa shape index (κ2) is 8.90. The standard InChI is InChI=1S/C17H28N2O2/c1-3-10-19(4-2)11-9-18-14-15-7-5-8-16-17(15)21-13-6-12-20-16/h5,7-8,18H,3-4,6,9-14H2,1-2H3. The minimum atomic E-state index is 0.740. The van der Waals surface area contributed by atoms with Crippen molar-refractivity contribution in [3.8, 4) is 11.5 Å². The molecule has 1 aromatic rings.